The number of carbonyl (C=O) groups is 2. The minimum absolute atomic E-state index is 0.0700. The largest absolute Gasteiger partial charge is 0.465 e. The zero-order valence-corrected chi connectivity index (χ0v) is 15.5. The van der Waals surface area contributed by atoms with Crippen LogP contribution in [0.3, 0.4) is 0 Å². The maximum absolute atomic E-state index is 12.4. The number of ether oxygens (including phenoxy) is 1. The number of para-hydroxylation sites is 1. The van der Waals surface area contributed by atoms with E-state index in [0.717, 1.165) is 24.0 Å². The summed E-state index contributed by atoms with van der Waals surface area (Å²) in [7, 11) is -1.18. The van der Waals surface area contributed by atoms with Crippen molar-refractivity contribution in [2.75, 3.05) is 7.11 Å². The number of rotatable bonds is 5. The molecule has 3 rings (SSSR count). The van der Waals surface area contributed by atoms with Crippen LogP contribution in [0.5, 0.6) is 0 Å². The van der Waals surface area contributed by atoms with Gasteiger partial charge in [-0.05, 0) is 17.5 Å². The maximum atomic E-state index is 12.4. The van der Waals surface area contributed by atoms with Crippen LogP contribution in [0, 0.1) is 0 Å². The van der Waals surface area contributed by atoms with Gasteiger partial charge in [-0.15, -0.1) is 16.2 Å². The molecule has 0 fully saturated rings. The van der Waals surface area contributed by atoms with E-state index in [9.17, 15) is 18.0 Å². The molecule has 0 unspecified atom stereocenters. The lowest BCUT2D eigenvalue weighted by Gasteiger charge is -2.08. The number of aryl methyl sites for hydroxylation is 1. The molecule has 0 bridgehead atoms. The van der Waals surface area contributed by atoms with Gasteiger partial charge in [0.25, 0.3) is 15.9 Å². The minimum Gasteiger partial charge on any atom is -0.465 e. The topological polar surface area (TPSA) is 106 Å². The first kappa shape index (κ1) is 18.1. The van der Waals surface area contributed by atoms with E-state index in [1.807, 2.05) is 17.0 Å². The first-order valence-electron chi connectivity index (χ1n) is 7.37. The molecule has 8 nitrogen and oxygen atoms in total. The second kappa shape index (κ2) is 6.90. The molecular weight excluding hydrogens is 378 g/mol. The molecule has 0 spiro atoms. The highest BCUT2D eigenvalue weighted by Crippen LogP contribution is 2.23. The summed E-state index contributed by atoms with van der Waals surface area (Å²) in [5.41, 5.74) is 3.34. The van der Waals surface area contributed by atoms with Crippen molar-refractivity contribution >= 4 is 44.1 Å². The SMILES string of the molecule is COC(=O)c1sccc1S(=O)(=O)NNC(=O)c1cn(C)c2ccccc12. The molecule has 2 aromatic heterocycles. The first-order valence-corrected chi connectivity index (χ1v) is 9.73. The highest BCUT2D eigenvalue weighted by Gasteiger charge is 2.25. The Balaban J connectivity index is 1.83. The molecule has 26 heavy (non-hydrogen) atoms. The Hall–Kier alpha value is -2.69. The van der Waals surface area contributed by atoms with Crippen molar-refractivity contribution in [3.8, 4) is 0 Å². The molecule has 1 aromatic carbocycles. The van der Waals surface area contributed by atoms with E-state index in [0.29, 0.717) is 10.9 Å². The van der Waals surface area contributed by atoms with Crippen molar-refractivity contribution in [2.24, 2.45) is 7.05 Å². The maximum Gasteiger partial charge on any atom is 0.349 e. The second-order valence-corrected chi connectivity index (χ2v) is 7.90. The molecule has 0 aliphatic rings. The standard InChI is InChI=1S/C16H15N3O5S2/c1-19-9-11(10-5-3-4-6-12(10)19)15(20)17-18-26(22,23)13-7-8-25-14(13)16(21)24-2/h3-9,18H,1-2H3,(H,17,20). The van der Waals surface area contributed by atoms with Crippen molar-refractivity contribution in [3.63, 3.8) is 0 Å². The van der Waals surface area contributed by atoms with Crippen molar-refractivity contribution in [2.45, 2.75) is 4.90 Å². The summed E-state index contributed by atoms with van der Waals surface area (Å²) in [6.07, 6.45) is 1.61. The van der Waals surface area contributed by atoms with Gasteiger partial charge >= 0.3 is 5.97 Å². The third kappa shape index (κ3) is 3.21. The number of sulfonamides is 1. The zero-order valence-electron chi connectivity index (χ0n) is 13.8. The number of benzene rings is 1. The van der Waals surface area contributed by atoms with Crippen molar-refractivity contribution in [1.29, 1.82) is 0 Å². The molecule has 10 heteroatoms. The van der Waals surface area contributed by atoms with Crippen molar-refractivity contribution < 1.29 is 22.7 Å². The van der Waals surface area contributed by atoms with Crippen LogP contribution >= 0.6 is 11.3 Å². The van der Waals surface area contributed by atoms with E-state index in [-0.39, 0.29) is 9.77 Å². The summed E-state index contributed by atoms with van der Waals surface area (Å²) in [4.78, 5) is 25.8. The van der Waals surface area contributed by atoms with Gasteiger partial charge in [0.15, 0.2) is 0 Å². The molecule has 136 valence electrons. The lowest BCUT2D eigenvalue weighted by atomic mass is 10.2. The van der Waals surface area contributed by atoms with Crippen LogP contribution in [0.1, 0.15) is 20.0 Å². The lowest BCUT2D eigenvalue weighted by molar-refractivity contribution is 0.0602. The summed E-state index contributed by atoms with van der Waals surface area (Å²) >= 11 is 0.935. The van der Waals surface area contributed by atoms with Gasteiger partial charge in [0.1, 0.15) is 9.77 Å². The fourth-order valence-electron chi connectivity index (χ4n) is 2.51. The molecule has 0 saturated heterocycles. The fraction of sp³-hybridized carbons (Fsp3) is 0.125. The quantitative estimate of drug-likeness (QED) is 0.506. The van der Waals surface area contributed by atoms with E-state index in [2.05, 4.69) is 10.2 Å². The van der Waals surface area contributed by atoms with Gasteiger partial charge in [-0.2, -0.15) is 0 Å². The normalized spacial score (nSPS) is 11.5. The van der Waals surface area contributed by atoms with Crippen LogP contribution < -0.4 is 10.3 Å². The van der Waals surface area contributed by atoms with E-state index >= 15 is 0 Å². The number of nitrogens with zero attached hydrogens (tertiary/aromatic N) is 1. The molecule has 0 saturated carbocycles. The highest BCUT2D eigenvalue weighted by atomic mass is 32.2. The van der Waals surface area contributed by atoms with Crippen LogP contribution in [0.15, 0.2) is 46.8 Å². The Labute approximate surface area is 153 Å². The zero-order chi connectivity index (χ0) is 18.9. The number of thiophene rings is 1. The van der Waals surface area contributed by atoms with Crippen molar-refractivity contribution in [3.05, 3.63) is 52.3 Å². The molecule has 3 aromatic rings. The number of carbonyl (C=O) groups excluding carboxylic acids is 2. The Kier molecular flexibility index (Phi) is 4.81. The van der Waals surface area contributed by atoms with E-state index in [4.69, 9.17) is 0 Å². The van der Waals surface area contributed by atoms with Gasteiger partial charge in [0.2, 0.25) is 0 Å². The summed E-state index contributed by atoms with van der Waals surface area (Å²) < 4.78 is 31.2. The molecule has 0 radical (unpaired) electrons. The number of nitrogens with one attached hydrogen (secondary N) is 2. The van der Waals surface area contributed by atoms with Gasteiger partial charge in [0.05, 0.1) is 12.7 Å². The molecule has 0 aliphatic carbocycles. The second-order valence-electron chi connectivity index (χ2n) is 5.34. The third-order valence-electron chi connectivity index (χ3n) is 3.73. The van der Waals surface area contributed by atoms with Crippen LogP contribution in [0.4, 0.5) is 0 Å². The molecular formula is C16H15N3O5S2. The highest BCUT2D eigenvalue weighted by molar-refractivity contribution is 7.89. The molecule has 2 N–H and O–H groups in total. The first-order chi connectivity index (χ1) is 12.3. The van der Waals surface area contributed by atoms with E-state index in [1.165, 1.54) is 11.4 Å². The Morgan fingerprint density at radius 2 is 1.92 bits per heavy atom. The Morgan fingerprint density at radius 1 is 1.19 bits per heavy atom. The van der Waals surface area contributed by atoms with Crippen molar-refractivity contribution in [1.82, 2.24) is 14.8 Å². The third-order valence-corrected chi connectivity index (χ3v) is 6.04. The number of amides is 1. The summed E-state index contributed by atoms with van der Waals surface area (Å²) in [5, 5.41) is 2.14. The molecule has 0 aliphatic heterocycles. The Morgan fingerprint density at radius 3 is 2.65 bits per heavy atom. The number of methoxy groups -OCH3 is 1. The smallest absolute Gasteiger partial charge is 0.349 e. The number of esters is 1. The van der Waals surface area contributed by atoms with Crippen LogP contribution in [-0.4, -0.2) is 32.0 Å². The molecule has 2 heterocycles. The van der Waals surface area contributed by atoms with Gasteiger partial charge in [-0.1, -0.05) is 18.2 Å². The van der Waals surface area contributed by atoms with Crippen LogP contribution in [-0.2, 0) is 21.8 Å². The summed E-state index contributed by atoms with van der Waals surface area (Å²) in [5.74, 6) is -1.37. The number of aromatic nitrogens is 1. The van der Waals surface area contributed by atoms with E-state index < -0.39 is 21.9 Å². The number of hydrogen-bond donors (Lipinski definition) is 2. The predicted molar refractivity (Wildman–Crippen MR) is 96.4 cm³/mol. The van der Waals surface area contributed by atoms with Gasteiger partial charge in [-0.25, -0.2) is 13.2 Å². The number of fused-ring (bicyclic) bond motifs is 1. The van der Waals surface area contributed by atoms with Gasteiger partial charge in [-0.3, -0.25) is 10.2 Å². The predicted octanol–water partition coefficient (Wildman–Crippen LogP) is 1.65. The number of hydrazine groups is 1. The molecule has 0 atom stereocenters. The number of hydrogen-bond acceptors (Lipinski definition) is 6. The summed E-state index contributed by atoms with van der Waals surface area (Å²) in [6, 6.07) is 8.52. The lowest BCUT2D eigenvalue weighted by Crippen LogP contribution is -2.41. The van der Waals surface area contributed by atoms with E-state index in [1.54, 1.807) is 29.9 Å². The van der Waals surface area contributed by atoms with Crippen LogP contribution in [0.2, 0.25) is 0 Å². The summed E-state index contributed by atoms with van der Waals surface area (Å²) in [6.45, 7) is 0. The van der Waals surface area contributed by atoms with Gasteiger partial charge in [0, 0.05) is 24.1 Å². The minimum atomic E-state index is -4.13. The van der Waals surface area contributed by atoms with Gasteiger partial charge < -0.3 is 9.30 Å². The Bertz CT molecular complexity index is 1100. The van der Waals surface area contributed by atoms with Crippen LogP contribution in [0.25, 0.3) is 10.9 Å². The fourth-order valence-corrected chi connectivity index (χ4v) is 4.68. The molecule has 1 amide bonds. The monoisotopic (exact) mass is 393 g/mol. The average Bonchev–Trinajstić information content (AvgIpc) is 3.25. The average molecular weight is 393 g/mol.